The van der Waals surface area contributed by atoms with E-state index in [2.05, 4.69) is 55.2 Å². The van der Waals surface area contributed by atoms with E-state index < -0.39 is 0 Å². The van der Waals surface area contributed by atoms with Crippen LogP contribution in [-0.4, -0.2) is 12.1 Å². The van der Waals surface area contributed by atoms with Gasteiger partial charge < -0.3 is 4.74 Å². The van der Waals surface area contributed by atoms with Crippen molar-refractivity contribution in [3.8, 4) is 0 Å². The first-order valence-corrected chi connectivity index (χ1v) is 10.3. The van der Waals surface area contributed by atoms with E-state index in [4.69, 9.17) is 4.74 Å². The summed E-state index contributed by atoms with van der Waals surface area (Å²) in [5.74, 6) is 1.81. The second kappa shape index (κ2) is 6.30. The van der Waals surface area contributed by atoms with E-state index in [9.17, 15) is 4.79 Å². The van der Waals surface area contributed by atoms with Gasteiger partial charge in [0.15, 0.2) is 0 Å². The summed E-state index contributed by atoms with van der Waals surface area (Å²) < 4.78 is 5.67. The highest BCUT2D eigenvalue weighted by atomic mass is 79.9. The monoisotopic (exact) mass is 394 g/mol. The Balaban J connectivity index is 1.75. The predicted octanol–water partition coefficient (Wildman–Crippen LogP) is 6.02. The molecule has 0 aromatic rings. The summed E-state index contributed by atoms with van der Waals surface area (Å²) in [7, 11) is 0. The topological polar surface area (TPSA) is 26.3 Å². The molecule has 1 saturated heterocycles. The summed E-state index contributed by atoms with van der Waals surface area (Å²) in [6.45, 7) is 13.0. The highest BCUT2D eigenvalue weighted by Crippen LogP contribution is 2.60. The molecule has 24 heavy (non-hydrogen) atoms. The third-order valence-electron chi connectivity index (χ3n) is 7.53. The van der Waals surface area contributed by atoms with Gasteiger partial charge in [-0.05, 0) is 66.7 Å². The van der Waals surface area contributed by atoms with Gasteiger partial charge in [-0.1, -0.05) is 55.8 Å². The molecule has 2 saturated carbocycles. The van der Waals surface area contributed by atoms with Gasteiger partial charge in [-0.2, -0.15) is 0 Å². The first-order chi connectivity index (χ1) is 11.2. The molecule has 3 aliphatic rings. The van der Waals surface area contributed by atoms with Gasteiger partial charge in [0, 0.05) is 11.0 Å². The SMILES string of the molecule is C=C1C(=O)O[C@H](C[C@@H](C)[C@H]2CC[C@H]3/C(=C/Br)CCC[C@]23C)C1(C)C. The van der Waals surface area contributed by atoms with Crippen molar-refractivity contribution >= 4 is 21.9 Å². The molecule has 1 aliphatic heterocycles. The summed E-state index contributed by atoms with van der Waals surface area (Å²) in [6.07, 6.45) is 7.42. The Labute approximate surface area is 155 Å². The fourth-order valence-corrected chi connectivity index (χ4v) is 6.34. The molecule has 3 fully saturated rings. The van der Waals surface area contributed by atoms with Gasteiger partial charge in [0.2, 0.25) is 0 Å². The molecule has 0 aromatic heterocycles. The van der Waals surface area contributed by atoms with Crippen LogP contribution < -0.4 is 0 Å². The van der Waals surface area contributed by atoms with Crippen LogP contribution in [0.25, 0.3) is 0 Å². The van der Waals surface area contributed by atoms with Crippen molar-refractivity contribution in [3.05, 3.63) is 22.7 Å². The number of hydrogen-bond donors (Lipinski definition) is 0. The van der Waals surface area contributed by atoms with Gasteiger partial charge in [-0.15, -0.1) is 0 Å². The molecule has 0 amide bonds. The maximum absolute atomic E-state index is 11.9. The Morgan fingerprint density at radius 1 is 1.38 bits per heavy atom. The second-order valence-electron chi connectivity index (χ2n) is 9.09. The highest BCUT2D eigenvalue weighted by Gasteiger charge is 2.52. The molecule has 3 heteroatoms. The predicted molar refractivity (Wildman–Crippen MR) is 102 cm³/mol. The van der Waals surface area contributed by atoms with Crippen molar-refractivity contribution < 1.29 is 9.53 Å². The van der Waals surface area contributed by atoms with Crippen LogP contribution >= 0.6 is 15.9 Å². The first-order valence-electron chi connectivity index (χ1n) is 9.41. The van der Waals surface area contributed by atoms with Crippen LogP contribution in [-0.2, 0) is 9.53 Å². The maximum Gasteiger partial charge on any atom is 0.334 e. The van der Waals surface area contributed by atoms with E-state index in [-0.39, 0.29) is 17.5 Å². The lowest BCUT2D eigenvalue weighted by Crippen LogP contribution is -2.38. The molecule has 5 atom stereocenters. The summed E-state index contributed by atoms with van der Waals surface area (Å²) in [5.41, 5.74) is 2.41. The Kier molecular flexibility index (Phi) is 4.79. The Morgan fingerprint density at radius 3 is 2.67 bits per heavy atom. The van der Waals surface area contributed by atoms with Crippen LogP contribution in [0.4, 0.5) is 0 Å². The smallest absolute Gasteiger partial charge is 0.334 e. The van der Waals surface area contributed by atoms with Crippen molar-refractivity contribution in [2.75, 3.05) is 0 Å². The number of cyclic esters (lactones) is 1. The van der Waals surface area contributed by atoms with Crippen molar-refractivity contribution in [3.63, 3.8) is 0 Å². The Bertz CT molecular complexity index is 576. The molecule has 134 valence electrons. The van der Waals surface area contributed by atoms with Gasteiger partial charge in [0.25, 0.3) is 0 Å². The fraction of sp³-hybridized carbons (Fsp3) is 0.762. The quantitative estimate of drug-likeness (QED) is 0.432. The number of fused-ring (bicyclic) bond motifs is 1. The normalized spacial score (nSPS) is 41.4. The molecular weight excluding hydrogens is 364 g/mol. The zero-order valence-corrected chi connectivity index (χ0v) is 17.1. The second-order valence-corrected chi connectivity index (χ2v) is 9.54. The molecule has 0 aromatic carbocycles. The van der Waals surface area contributed by atoms with E-state index >= 15 is 0 Å². The molecule has 1 heterocycles. The van der Waals surface area contributed by atoms with Crippen LogP contribution in [0, 0.1) is 28.6 Å². The molecule has 0 unspecified atom stereocenters. The van der Waals surface area contributed by atoms with Crippen molar-refractivity contribution in [1.82, 2.24) is 0 Å². The molecule has 2 nitrogen and oxygen atoms in total. The largest absolute Gasteiger partial charge is 0.458 e. The average Bonchev–Trinajstić information content (AvgIpc) is 2.97. The standard InChI is InChI=1S/C21H31BrO2/c1-13(11-18-20(3,4)14(2)19(23)24-18)16-8-9-17-15(12-22)7-6-10-21(16,17)5/h12-13,16-18H,2,6-11H2,1,3-5H3/b15-12+/t13-,16-,17+,18-,21-/m1/s1. The van der Waals surface area contributed by atoms with Crippen molar-refractivity contribution in [1.29, 1.82) is 0 Å². The molecule has 0 spiro atoms. The molecule has 3 rings (SSSR count). The van der Waals surface area contributed by atoms with Crippen LogP contribution in [0.2, 0.25) is 0 Å². The lowest BCUT2D eigenvalue weighted by atomic mass is 9.60. The van der Waals surface area contributed by atoms with Gasteiger partial charge in [0.1, 0.15) is 6.10 Å². The van der Waals surface area contributed by atoms with Crippen LogP contribution in [0.15, 0.2) is 22.7 Å². The number of carbonyl (C=O) groups excluding carboxylic acids is 1. The maximum atomic E-state index is 11.9. The molecule has 2 aliphatic carbocycles. The van der Waals surface area contributed by atoms with E-state index in [1.165, 1.54) is 32.1 Å². The third kappa shape index (κ3) is 2.71. The van der Waals surface area contributed by atoms with Crippen molar-refractivity contribution in [2.45, 2.75) is 72.3 Å². The number of ether oxygens (including phenoxy) is 1. The zero-order valence-electron chi connectivity index (χ0n) is 15.5. The minimum absolute atomic E-state index is 0.0232. The summed E-state index contributed by atoms with van der Waals surface area (Å²) >= 11 is 3.60. The highest BCUT2D eigenvalue weighted by molar-refractivity contribution is 9.11. The number of carbonyl (C=O) groups is 1. The van der Waals surface area contributed by atoms with E-state index in [1.807, 2.05) is 0 Å². The van der Waals surface area contributed by atoms with Gasteiger partial charge in [0.05, 0.1) is 0 Å². The molecule has 0 bridgehead atoms. The number of rotatable bonds is 3. The van der Waals surface area contributed by atoms with Gasteiger partial charge >= 0.3 is 5.97 Å². The van der Waals surface area contributed by atoms with Crippen LogP contribution in [0.3, 0.4) is 0 Å². The molecular formula is C21H31BrO2. The third-order valence-corrected chi connectivity index (χ3v) is 8.12. The van der Waals surface area contributed by atoms with E-state index in [1.54, 1.807) is 5.57 Å². The van der Waals surface area contributed by atoms with Gasteiger partial charge in [-0.25, -0.2) is 4.79 Å². The summed E-state index contributed by atoms with van der Waals surface area (Å²) in [6, 6.07) is 0. The van der Waals surface area contributed by atoms with Crippen LogP contribution in [0.5, 0.6) is 0 Å². The lowest BCUT2D eigenvalue weighted by molar-refractivity contribution is -0.140. The minimum atomic E-state index is -0.238. The number of halogens is 1. The zero-order chi connectivity index (χ0) is 17.7. The van der Waals surface area contributed by atoms with Crippen molar-refractivity contribution in [2.24, 2.45) is 28.6 Å². The van der Waals surface area contributed by atoms with E-state index in [0.717, 1.165) is 12.3 Å². The molecule has 0 radical (unpaired) electrons. The minimum Gasteiger partial charge on any atom is -0.458 e. The number of allylic oxidation sites excluding steroid dienone is 1. The van der Waals surface area contributed by atoms with E-state index in [0.29, 0.717) is 22.8 Å². The Morgan fingerprint density at radius 2 is 2.08 bits per heavy atom. The summed E-state index contributed by atoms with van der Waals surface area (Å²) in [5, 5.41) is 0. The Hall–Kier alpha value is -0.570. The lowest BCUT2D eigenvalue weighted by Gasteiger charge is -2.45. The molecule has 0 N–H and O–H groups in total. The average molecular weight is 395 g/mol. The fourth-order valence-electron chi connectivity index (χ4n) is 5.80. The summed E-state index contributed by atoms with van der Waals surface area (Å²) in [4.78, 5) is 14.1. The number of hydrogen-bond acceptors (Lipinski definition) is 2. The number of esters is 1. The first kappa shape index (κ1) is 18.2. The van der Waals surface area contributed by atoms with Crippen LogP contribution in [0.1, 0.15) is 66.2 Å². The van der Waals surface area contributed by atoms with Gasteiger partial charge in [-0.3, -0.25) is 0 Å².